The topological polar surface area (TPSA) is 52.7 Å². The number of hydrogen-bond donors (Lipinski definition) is 1. The van der Waals surface area contributed by atoms with Crippen LogP contribution in [0.1, 0.15) is 20.8 Å². The van der Waals surface area contributed by atoms with Crippen LogP contribution in [-0.2, 0) is 0 Å². The van der Waals surface area contributed by atoms with Crippen molar-refractivity contribution in [2.45, 2.75) is 32.4 Å². The Morgan fingerprint density at radius 1 is 1.41 bits per heavy atom. The van der Waals surface area contributed by atoms with Crippen LogP contribution in [0.5, 0.6) is 0 Å². The van der Waals surface area contributed by atoms with E-state index in [9.17, 15) is 9.50 Å². The fourth-order valence-corrected chi connectivity index (χ4v) is 3.03. The van der Waals surface area contributed by atoms with E-state index in [1.54, 1.807) is 12.1 Å². The van der Waals surface area contributed by atoms with Gasteiger partial charge in [-0.3, -0.25) is 4.90 Å². The summed E-state index contributed by atoms with van der Waals surface area (Å²) in [5, 5.41) is 9.94. The second-order valence-electron chi connectivity index (χ2n) is 6.67. The Bertz CT molecular complexity index is 665. The summed E-state index contributed by atoms with van der Waals surface area (Å²) in [5.41, 5.74) is 0.0487. The Labute approximate surface area is 129 Å². The van der Waals surface area contributed by atoms with Crippen LogP contribution in [-0.4, -0.2) is 52.8 Å². The Morgan fingerprint density at radius 3 is 2.82 bits per heavy atom. The normalized spacial score (nSPS) is 20.8. The lowest BCUT2D eigenvalue weighted by Crippen LogP contribution is -2.54. The summed E-state index contributed by atoms with van der Waals surface area (Å²) in [4.78, 5) is 8.58. The molecule has 1 unspecified atom stereocenters. The molecular weight excluding hydrogens is 285 g/mol. The third-order valence-electron chi connectivity index (χ3n) is 3.93. The van der Waals surface area contributed by atoms with Crippen molar-refractivity contribution in [3.05, 3.63) is 24.0 Å². The number of piperazine rings is 1. The number of aliphatic hydroxyl groups is 1. The van der Waals surface area contributed by atoms with Crippen LogP contribution < -0.4 is 4.90 Å². The van der Waals surface area contributed by atoms with Gasteiger partial charge in [0.25, 0.3) is 6.01 Å². The summed E-state index contributed by atoms with van der Waals surface area (Å²) in [6.45, 7) is 8.71. The quantitative estimate of drug-likeness (QED) is 0.942. The van der Waals surface area contributed by atoms with Gasteiger partial charge in [-0.1, -0.05) is 6.07 Å². The van der Waals surface area contributed by atoms with E-state index in [1.165, 1.54) is 6.07 Å². The predicted molar refractivity (Wildman–Crippen MR) is 83.5 cm³/mol. The first kappa shape index (κ1) is 15.2. The van der Waals surface area contributed by atoms with E-state index >= 15 is 0 Å². The minimum Gasteiger partial charge on any atom is -0.423 e. The van der Waals surface area contributed by atoms with Crippen molar-refractivity contribution in [2.75, 3.05) is 31.1 Å². The largest absolute Gasteiger partial charge is 0.423 e. The fourth-order valence-electron chi connectivity index (χ4n) is 3.03. The molecule has 3 rings (SSSR count). The highest BCUT2D eigenvalue weighted by Crippen LogP contribution is 2.26. The molecule has 1 atom stereocenters. The van der Waals surface area contributed by atoms with Gasteiger partial charge in [-0.25, -0.2) is 4.39 Å². The lowest BCUT2D eigenvalue weighted by molar-refractivity contribution is 0.0304. The van der Waals surface area contributed by atoms with Gasteiger partial charge < -0.3 is 14.4 Å². The van der Waals surface area contributed by atoms with Crippen LogP contribution in [0.4, 0.5) is 10.4 Å². The van der Waals surface area contributed by atoms with Crippen molar-refractivity contribution in [3.8, 4) is 0 Å². The molecule has 1 aromatic heterocycles. The molecule has 0 spiro atoms. The molecule has 2 aromatic rings. The molecule has 0 bridgehead atoms. The maximum atomic E-state index is 13.7. The molecule has 1 fully saturated rings. The summed E-state index contributed by atoms with van der Waals surface area (Å²) in [6.07, 6.45) is 0. The van der Waals surface area contributed by atoms with E-state index in [1.807, 2.05) is 13.8 Å². The number of hydrogen-bond acceptors (Lipinski definition) is 5. The summed E-state index contributed by atoms with van der Waals surface area (Å²) < 4.78 is 19.4. The van der Waals surface area contributed by atoms with Gasteiger partial charge in [-0.05, 0) is 32.9 Å². The molecule has 1 N–H and O–H groups in total. The number of anilines is 1. The first-order valence-electron chi connectivity index (χ1n) is 7.60. The van der Waals surface area contributed by atoms with E-state index in [4.69, 9.17) is 4.42 Å². The van der Waals surface area contributed by atoms with Crippen molar-refractivity contribution >= 4 is 17.1 Å². The second-order valence-corrected chi connectivity index (χ2v) is 6.67. The standard InChI is InChI=1S/C16H22FN3O2/c1-11-9-19(10-16(2,3)21)7-8-20(11)15-18-14-12(17)5-4-6-13(14)22-15/h4-6,11,21H,7-10H2,1-3H3. The highest BCUT2D eigenvalue weighted by atomic mass is 19.1. The van der Waals surface area contributed by atoms with E-state index in [2.05, 4.69) is 21.7 Å². The predicted octanol–water partition coefficient (Wildman–Crippen LogP) is 2.25. The number of oxazole rings is 1. The lowest BCUT2D eigenvalue weighted by Gasteiger charge is -2.40. The molecule has 120 valence electrons. The Kier molecular flexibility index (Phi) is 3.82. The molecule has 5 nitrogen and oxygen atoms in total. The number of para-hydroxylation sites is 1. The number of aromatic nitrogens is 1. The smallest absolute Gasteiger partial charge is 0.298 e. The van der Waals surface area contributed by atoms with E-state index in [-0.39, 0.29) is 17.4 Å². The molecule has 1 saturated heterocycles. The number of benzene rings is 1. The number of halogens is 1. The Hall–Kier alpha value is -1.66. The number of rotatable bonds is 3. The minimum atomic E-state index is -0.706. The van der Waals surface area contributed by atoms with Gasteiger partial charge in [0.2, 0.25) is 0 Å². The molecular formula is C16H22FN3O2. The maximum absolute atomic E-state index is 13.7. The molecule has 1 aromatic carbocycles. The van der Waals surface area contributed by atoms with Crippen LogP contribution in [0, 0.1) is 5.82 Å². The number of fused-ring (bicyclic) bond motifs is 1. The summed E-state index contributed by atoms with van der Waals surface area (Å²) in [5.74, 6) is -0.360. The summed E-state index contributed by atoms with van der Waals surface area (Å²) in [7, 11) is 0. The fraction of sp³-hybridized carbons (Fsp3) is 0.562. The van der Waals surface area contributed by atoms with Crippen molar-refractivity contribution in [3.63, 3.8) is 0 Å². The van der Waals surface area contributed by atoms with Crippen LogP contribution in [0.15, 0.2) is 22.6 Å². The van der Waals surface area contributed by atoms with Gasteiger partial charge >= 0.3 is 0 Å². The highest BCUT2D eigenvalue weighted by Gasteiger charge is 2.29. The molecule has 1 aliphatic rings. The summed E-state index contributed by atoms with van der Waals surface area (Å²) >= 11 is 0. The van der Waals surface area contributed by atoms with Gasteiger partial charge in [-0.15, -0.1) is 0 Å². The molecule has 0 amide bonds. The SMILES string of the molecule is CC1CN(CC(C)(C)O)CCN1c1nc2c(F)cccc2o1. The van der Waals surface area contributed by atoms with E-state index in [0.29, 0.717) is 18.1 Å². The van der Waals surface area contributed by atoms with Gasteiger partial charge in [0, 0.05) is 32.2 Å². The van der Waals surface area contributed by atoms with E-state index < -0.39 is 5.60 Å². The van der Waals surface area contributed by atoms with Gasteiger partial charge in [0.15, 0.2) is 11.4 Å². The first-order valence-corrected chi connectivity index (χ1v) is 7.60. The van der Waals surface area contributed by atoms with Crippen LogP contribution >= 0.6 is 0 Å². The van der Waals surface area contributed by atoms with Gasteiger partial charge in [0.1, 0.15) is 5.52 Å². The molecule has 0 aliphatic carbocycles. The van der Waals surface area contributed by atoms with E-state index in [0.717, 1.165) is 19.6 Å². The molecule has 6 heteroatoms. The molecule has 2 heterocycles. The van der Waals surface area contributed by atoms with Crippen LogP contribution in [0.2, 0.25) is 0 Å². The lowest BCUT2D eigenvalue weighted by atomic mass is 10.1. The zero-order valence-corrected chi connectivity index (χ0v) is 13.2. The summed E-state index contributed by atoms with van der Waals surface area (Å²) in [6, 6.07) is 5.39. The Balaban J connectivity index is 1.77. The van der Waals surface area contributed by atoms with Crippen molar-refractivity contribution in [1.82, 2.24) is 9.88 Å². The maximum Gasteiger partial charge on any atom is 0.298 e. The average Bonchev–Trinajstić information content (AvgIpc) is 2.82. The van der Waals surface area contributed by atoms with Gasteiger partial charge in [-0.2, -0.15) is 4.98 Å². The van der Waals surface area contributed by atoms with Crippen LogP contribution in [0.25, 0.3) is 11.1 Å². The van der Waals surface area contributed by atoms with Crippen molar-refractivity contribution in [2.24, 2.45) is 0 Å². The number of β-amino-alcohol motifs (C(OH)–C–C–N with tert-alkyl or cyclic N) is 1. The minimum absolute atomic E-state index is 0.187. The number of nitrogens with zero attached hydrogens (tertiary/aromatic N) is 3. The first-order chi connectivity index (χ1) is 10.3. The van der Waals surface area contributed by atoms with Crippen LogP contribution in [0.3, 0.4) is 0 Å². The highest BCUT2D eigenvalue weighted by molar-refractivity contribution is 5.75. The Morgan fingerprint density at radius 2 is 2.18 bits per heavy atom. The van der Waals surface area contributed by atoms with Gasteiger partial charge in [0.05, 0.1) is 5.60 Å². The molecule has 1 aliphatic heterocycles. The zero-order chi connectivity index (χ0) is 15.9. The van der Waals surface area contributed by atoms with Crippen molar-refractivity contribution in [1.29, 1.82) is 0 Å². The average molecular weight is 307 g/mol. The van der Waals surface area contributed by atoms with Crippen molar-refractivity contribution < 1.29 is 13.9 Å². The molecule has 0 saturated carbocycles. The third kappa shape index (κ3) is 3.08. The molecule has 22 heavy (non-hydrogen) atoms. The zero-order valence-electron chi connectivity index (χ0n) is 13.2. The molecule has 0 radical (unpaired) electrons. The second kappa shape index (κ2) is 5.52. The monoisotopic (exact) mass is 307 g/mol. The third-order valence-corrected chi connectivity index (χ3v) is 3.93.